The molecule has 6 atom stereocenters. The first-order chi connectivity index (χ1) is 11.9. The van der Waals surface area contributed by atoms with Gasteiger partial charge in [0.1, 0.15) is 5.60 Å². The molecule has 0 spiro atoms. The summed E-state index contributed by atoms with van der Waals surface area (Å²) in [5, 5.41) is 10.4. The summed E-state index contributed by atoms with van der Waals surface area (Å²) in [6, 6.07) is 0. The highest BCUT2D eigenvalue weighted by atomic mass is 16.6. The fraction of sp³-hybridized carbons (Fsp3) is 0.864. The number of rotatable bonds is 2. The van der Waals surface area contributed by atoms with Gasteiger partial charge in [-0.15, -0.1) is 0 Å². The Morgan fingerprint density at radius 1 is 1.20 bits per heavy atom. The standard InChI is InChI=1S/C22H34O3/c1-15(24)25-21(3)13-10-18-17-8-7-16-6-4-5-11-22(16,14-23)19(17)9-12-20(18,21)2/h6,17-19,23H,4-5,7-14H2,1-3H3/t17-,18-,19-,20-,21-,22+/m0/s1. The van der Waals surface area contributed by atoms with Crippen molar-refractivity contribution in [3.05, 3.63) is 11.6 Å². The summed E-state index contributed by atoms with van der Waals surface area (Å²) in [6.07, 6.45) is 12.9. The van der Waals surface area contributed by atoms with Crippen molar-refractivity contribution in [2.45, 2.75) is 84.2 Å². The maximum Gasteiger partial charge on any atom is 0.303 e. The van der Waals surface area contributed by atoms with E-state index in [0.717, 1.165) is 12.8 Å². The number of carbonyl (C=O) groups excluding carboxylic acids is 1. The molecule has 0 aromatic carbocycles. The largest absolute Gasteiger partial charge is 0.459 e. The third kappa shape index (κ3) is 2.30. The molecule has 3 heteroatoms. The summed E-state index contributed by atoms with van der Waals surface area (Å²) in [5.41, 5.74) is 1.39. The van der Waals surface area contributed by atoms with Gasteiger partial charge in [-0.3, -0.25) is 4.79 Å². The first kappa shape index (κ1) is 17.6. The summed E-state index contributed by atoms with van der Waals surface area (Å²) in [7, 11) is 0. The third-order valence-electron chi connectivity index (χ3n) is 8.93. The molecule has 0 saturated heterocycles. The Bertz CT molecular complexity index is 596. The first-order valence-corrected chi connectivity index (χ1v) is 10.4. The smallest absolute Gasteiger partial charge is 0.303 e. The molecule has 25 heavy (non-hydrogen) atoms. The number of hydrogen-bond acceptors (Lipinski definition) is 3. The maximum atomic E-state index is 11.7. The molecule has 0 heterocycles. The van der Waals surface area contributed by atoms with Gasteiger partial charge in [0, 0.05) is 17.8 Å². The SMILES string of the molecule is CC(=O)O[C@@]1(C)CC[C@H]2[C@@H]3CCC4=CCCC[C@]4(CO)[C@H]3CC[C@@]21C. The Kier molecular flexibility index (Phi) is 4.10. The molecule has 4 aliphatic rings. The third-order valence-corrected chi connectivity index (χ3v) is 8.93. The van der Waals surface area contributed by atoms with Crippen molar-refractivity contribution in [1.29, 1.82) is 0 Å². The van der Waals surface area contributed by atoms with E-state index in [1.54, 1.807) is 12.5 Å². The van der Waals surface area contributed by atoms with Crippen molar-refractivity contribution in [3.8, 4) is 0 Å². The van der Waals surface area contributed by atoms with Gasteiger partial charge in [0.15, 0.2) is 0 Å². The minimum Gasteiger partial charge on any atom is -0.459 e. The first-order valence-electron chi connectivity index (χ1n) is 10.4. The zero-order valence-corrected chi connectivity index (χ0v) is 16.1. The Balaban J connectivity index is 1.67. The fourth-order valence-electron chi connectivity index (χ4n) is 7.54. The predicted molar refractivity (Wildman–Crippen MR) is 97.9 cm³/mol. The van der Waals surface area contributed by atoms with Crippen molar-refractivity contribution in [2.75, 3.05) is 6.61 Å². The molecule has 0 radical (unpaired) electrons. The van der Waals surface area contributed by atoms with Crippen LogP contribution in [0.25, 0.3) is 0 Å². The highest BCUT2D eigenvalue weighted by Gasteiger charge is 2.64. The number of fused-ring (bicyclic) bond motifs is 5. The zero-order chi connectivity index (χ0) is 17.9. The second-order valence-corrected chi connectivity index (χ2v) is 9.67. The van der Waals surface area contributed by atoms with E-state index in [2.05, 4.69) is 19.9 Å². The molecule has 0 aromatic heterocycles. The van der Waals surface area contributed by atoms with Gasteiger partial charge in [0.25, 0.3) is 0 Å². The Hall–Kier alpha value is -0.830. The van der Waals surface area contributed by atoms with Crippen LogP contribution in [0.5, 0.6) is 0 Å². The predicted octanol–water partition coefficient (Wildman–Crippen LogP) is 4.63. The number of aliphatic hydroxyl groups is 1. The van der Waals surface area contributed by atoms with Crippen LogP contribution in [0.3, 0.4) is 0 Å². The molecule has 0 bridgehead atoms. The number of hydrogen-bond donors (Lipinski definition) is 1. The molecule has 3 nitrogen and oxygen atoms in total. The molecule has 4 aliphatic carbocycles. The lowest BCUT2D eigenvalue weighted by Crippen LogP contribution is -2.56. The molecule has 0 aliphatic heterocycles. The lowest BCUT2D eigenvalue weighted by atomic mass is 9.46. The van der Waals surface area contributed by atoms with E-state index < -0.39 is 0 Å². The number of aliphatic hydroxyl groups excluding tert-OH is 1. The number of allylic oxidation sites excluding steroid dienone is 1. The van der Waals surface area contributed by atoms with Gasteiger partial charge in [0.05, 0.1) is 6.61 Å². The molecule has 3 saturated carbocycles. The Morgan fingerprint density at radius 3 is 2.68 bits per heavy atom. The van der Waals surface area contributed by atoms with Crippen LogP contribution in [0, 0.1) is 28.6 Å². The van der Waals surface area contributed by atoms with E-state index in [1.165, 1.54) is 44.9 Å². The minimum atomic E-state index is -0.316. The van der Waals surface area contributed by atoms with Crippen LogP contribution in [0.1, 0.15) is 78.6 Å². The molecule has 0 amide bonds. The van der Waals surface area contributed by atoms with Crippen LogP contribution in [0.15, 0.2) is 11.6 Å². The highest BCUT2D eigenvalue weighted by Crippen LogP contribution is 2.68. The van der Waals surface area contributed by atoms with Gasteiger partial charge in [-0.1, -0.05) is 18.6 Å². The number of carbonyl (C=O) groups is 1. The summed E-state index contributed by atoms with van der Waals surface area (Å²) < 4.78 is 5.91. The van der Waals surface area contributed by atoms with E-state index >= 15 is 0 Å². The van der Waals surface area contributed by atoms with Crippen LogP contribution in [-0.2, 0) is 9.53 Å². The molecule has 1 N–H and O–H groups in total. The van der Waals surface area contributed by atoms with Crippen LogP contribution in [-0.4, -0.2) is 23.3 Å². The lowest BCUT2D eigenvalue weighted by molar-refractivity contribution is -0.179. The lowest BCUT2D eigenvalue weighted by Gasteiger charge is -2.59. The summed E-state index contributed by atoms with van der Waals surface area (Å²) >= 11 is 0. The van der Waals surface area contributed by atoms with Gasteiger partial charge in [-0.05, 0) is 82.5 Å². The quantitative estimate of drug-likeness (QED) is 0.585. The van der Waals surface area contributed by atoms with Crippen LogP contribution in [0.4, 0.5) is 0 Å². The van der Waals surface area contributed by atoms with Crippen LogP contribution in [0.2, 0.25) is 0 Å². The Labute approximate surface area is 152 Å². The molecular weight excluding hydrogens is 312 g/mol. The van der Waals surface area contributed by atoms with Crippen molar-refractivity contribution < 1.29 is 14.6 Å². The van der Waals surface area contributed by atoms with Crippen molar-refractivity contribution >= 4 is 5.97 Å². The average molecular weight is 347 g/mol. The van der Waals surface area contributed by atoms with E-state index in [0.29, 0.717) is 24.4 Å². The Morgan fingerprint density at radius 2 is 1.96 bits per heavy atom. The van der Waals surface area contributed by atoms with Crippen molar-refractivity contribution in [1.82, 2.24) is 0 Å². The van der Waals surface area contributed by atoms with Gasteiger partial charge >= 0.3 is 5.97 Å². The monoisotopic (exact) mass is 346 g/mol. The molecular formula is C22H34O3. The molecule has 140 valence electrons. The van der Waals surface area contributed by atoms with E-state index in [-0.39, 0.29) is 22.4 Å². The summed E-state index contributed by atoms with van der Waals surface area (Å²) in [4.78, 5) is 11.7. The van der Waals surface area contributed by atoms with Gasteiger partial charge in [-0.2, -0.15) is 0 Å². The van der Waals surface area contributed by atoms with Crippen molar-refractivity contribution in [3.63, 3.8) is 0 Å². The second-order valence-electron chi connectivity index (χ2n) is 9.67. The molecule has 3 fully saturated rings. The van der Waals surface area contributed by atoms with E-state index in [9.17, 15) is 9.90 Å². The van der Waals surface area contributed by atoms with Gasteiger partial charge < -0.3 is 9.84 Å². The second kappa shape index (κ2) is 5.84. The van der Waals surface area contributed by atoms with Gasteiger partial charge in [0.2, 0.25) is 0 Å². The maximum absolute atomic E-state index is 11.7. The molecule has 4 rings (SSSR count). The molecule has 0 unspecified atom stereocenters. The number of ether oxygens (including phenoxy) is 1. The van der Waals surface area contributed by atoms with Crippen LogP contribution < -0.4 is 0 Å². The zero-order valence-electron chi connectivity index (χ0n) is 16.1. The van der Waals surface area contributed by atoms with Gasteiger partial charge in [-0.25, -0.2) is 0 Å². The highest BCUT2D eigenvalue weighted by molar-refractivity contribution is 5.66. The fourth-order valence-corrected chi connectivity index (χ4v) is 7.54. The topological polar surface area (TPSA) is 46.5 Å². The van der Waals surface area contributed by atoms with Crippen molar-refractivity contribution in [2.24, 2.45) is 28.6 Å². The average Bonchev–Trinajstić information content (AvgIpc) is 2.85. The minimum absolute atomic E-state index is 0.0585. The van der Waals surface area contributed by atoms with Crippen LogP contribution >= 0.6 is 0 Å². The van der Waals surface area contributed by atoms with E-state index in [1.807, 2.05) is 0 Å². The summed E-state index contributed by atoms with van der Waals surface area (Å²) in [5.74, 6) is 1.79. The normalized spacial score (nSPS) is 48.8. The summed E-state index contributed by atoms with van der Waals surface area (Å²) in [6.45, 7) is 6.42. The van der Waals surface area contributed by atoms with E-state index in [4.69, 9.17) is 4.74 Å². The molecule has 0 aromatic rings. The number of esters is 1.